The molecule has 1 N–H and O–H groups in total. The molecule has 0 aliphatic heterocycles. The lowest BCUT2D eigenvalue weighted by Crippen LogP contribution is -2.52. The van der Waals surface area contributed by atoms with E-state index in [0.29, 0.717) is 17.9 Å². The van der Waals surface area contributed by atoms with Crippen LogP contribution in [0, 0.1) is 0 Å². The van der Waals surface area contributed by atoms with E-state index in [-0.39, 0.29) is 23.4 Å². The van der Waals surface area contributed by atoms with Gasteiger partial charge in [-0.1, -0.05) is 62.4 Å². The van der Waals surface area contributed by atoms with Gasteiger partial charge in [-0.3, -0.25) is 13.9 Å². The Balaban J connectivity index is 2.06. The Hall–Kier alpha value is -3.85. The van der Waals surface area contributed by atoms with E-state index in [1.54, 1.807) is 56.5 Å². The number of sulfonamides is 1. The van der Waals surface area contributed by atoms with Gasteiger partial charge in [0, 0.05) is 12.6 Å². The summed E-state index contributed by atoms with van der Waals surface area (Å²) in [7, 11) is -2.55. The van der Waals surface area contributed by atoms with Crippen molar-refractivity contribution in [1.82, 2.24) is 10.2 Å². The van der Waals surface area contributed by atoms with Crippen molar-refractivity contribution in [2.24, 2.45) is 0 Å². The van der Waals surface area contributed by atoms with Crippen LogP contribution < -0.4 is 14.4 Å². The average molecular weight is 566 g/mol. The molecule has 3 rings (SSSR count). The first-order chi connectivity index (χ1) is 19.1. The summed E-state index contributed by atoms with van der Waals surface area (Å²) in [4.78, 5) is 28.8. The van der Waals surface area contributed by atoms with Gasteiger partial charge in [0.25, 0.3) is 10.0 Å². The fourth-order valence-electron chi connectivity index (χ4n) is 4.30. The van der Waals surface area contributed by atoms with Crippen LogP contribution in [-0.2, 0) is 32.6 Å². The maximum atomic E-state index is 14.1. The summed E-state index contributed by atoms with van der Waals surface area (Å²) in [5.74, 6) is -0.191. The molecule has 0 aliphatic carbocycles. The van der Waals surface area contributed by atoms with E-state index in [4.69, 9.17) is 4.74 Å². The standard InChI is InChI=1S/C31H39N3O5S/c1-6-23(3)32-31(36)24(4)33(21-25-14-13-16-27(20-25)39-5)30(35)22-34(29-19-12-11-15-26(29)7-2)40(37,38)28-17-9-8-10-18-28/h8-20,23-24H,6-7,21-22H2,1-5H3,(H,32,36). The number of aryl methyl sites for hydroxylation is 1. The SMILES string of the molecule is CCc1ccccc1N(CC(=O)N(Cc1cccc(OC)c1)C(C)C(=O)NC(C)CC)S(=O)(=O)c1ccccc1. The van der Waals surface area contributed by atoms with Gasteiger partial charge >= 0.3 is 0 Å². The van der Waals surface area contributed by atoms with E-state index in [1.165, 1.54) is 17.0 Å². The van der Waals surface area contributed by atoms with Crippen LogP contribution in [0.2, 0.25) is 0 Å². The van der Waals surface area contributed by atoms with Crippen molar-refractivity contribution < 1.29 is 22.7 Å². The second-order valence-electron chi connectivity index (χ2n) is 9.67. The topological polar surface area (TPSA) is 96.0 Å². The predicted octanol–water partition coefficient (Wildman–Crippen LogP) is 4.78. The lowest BCUT2D eigenvalue weighted by atomic mass is 10.1. The molecule has 0 saturated carbocycles. The first-order valence-corrected chi connectivity index (χ1v) is 14.9. The molecule has 2 atom stereocenters. The van der Waals surface area contributed by atoms with Crippen LogP contribution in [0.5, 0.6) is 5.75 Å². The second kappa shape index (κ2) is 14.0. The molecule has 0 spiro atoms. The Bertz CT molecular complexity index is 1390. The Morgan fingerprint density at radius 3 is 2.25 bits per heavy atom. The second-order valence-corrected chi connectivity index (χ2v) is 11.5. The van der Waals surface area contributed by atoms with Gasteiger partial charge in [-0.2, -0.15) is 0 Å². The highest BCUT2D eigenvalue weighted by molar-refractivity contribution is 7.92. The lowest BCUT2D eigenvalue weighted by molar-refractivity contribution is -0.139. The molecule has 0 aromatic heterocycles. The van der Waals surface area contributed by atoms with Crippen LogP contribution in [-0.4, -0.2) is 50.9 Å². The highest BCUT2D eigenvalue weighted by atomic mass is 32.2. The van der Waals surface area contributed by atoms with E-state index in [1.807, 2.05) is 45.0 Å². The highest BCUT2D eigenvalue weighted by Crippen LogP contribution is 2.28. The number of amides is 2. The van der Waals surface area contributed by atoms with Gasteiger partial charge in [-0.25, -0.2) is 8.42 Å². The number of benzene rings is 3. The molecule has 214 valence electrons. The first kappa shape index (κ1) is 30.7. The maximum absolute atomic E-state index is 14.1. The molecule has 9 heteroatoms. The predicted molar refractivity (Wildman–Crippen MR) is 158 cm³/mol. The van der Waals surface area contributed by atoms with Crippen LogP contribution in [0.3, 0.4) is 0 Å². The largest absolute Gasteiger partial charge is 0.497 e. The minimum atomic E-state index is -4.10. The molecule has 0 saturated heterocycles. The van der Waals surface area contributed by atoms with E-state index in [9.17, 15) is 18.0 Å². The van der Waals surface area contributed by atoms with Crippen molar-refractivity contribution in [1.29, 1.82) is 0 Å². The number of hydrogen-bond donors (Lipinski definition) is 1. The average Bonchev–Trinajstić information content (AvgIpc) is 2.98. The number of nitrogens with one attached hydrogen (secondary N) is 1. The molecule has 0 fully saturated rings. The first-order valence-electron chi connectivity index (χ1n) is 13.5. The number of nitrogens with zero attached hydrogens (tertiary/aromatic N) is 2. The van der Waals surface area contributed by atoms with Crippen molar-refractivity contribution in [2.75, 3.05) is 18.0 Å². The molecular weight excluding hydrogens is 526 g/mol. The zero-order valence-corrected chi connectivity index (χ0v) is 24.6. The number of carbonyl (C=O) groups is 2. The molecule has 3 aromatic rings. The Kier molecular flexibility index (Phi) is 10.7. The van der Waals surface area contributed by atoms with Crippen LogP contribution in [0.25, 0.3) is 0 Å². The number of anilines is 1. The van der Waals surface area contributed by atoms with Gasteiger partial charge in [0.1, 0.15) is 18.3 Å². The third-order valence-electron chi connectivity index (χ3n) is 6.91. The molecular formula is C31H39N3O5S. The normalized spacial score (nSPS) is 12.7. The monoisotopic (exact) mass is 565 g/mol. The van der Waals surface area contributed by atoms with Crippen LogP contribution in [0.1, 0.15) is 45.2 Å². The molecule has 8 nitrogen and oxygen atoms in total. The Morgan fingerprint density at radius 1 is 0.925 bits per heavy atom. The number of rotatable bonds is 13. The summed E-state index contributed by atoms with van der Waals surface area (Å²) in [5.41, 5.74) is 1.97. The van der Waals surface area contributed by atoms with E-state index in [0.717, 1.165) is 21.9 Å². The number of methoxy groups -OCH3 is 1. The number of para-hydroxylation sites is 1. The van der Waals surface area contributed by atoms with E-state index >= 15 is 0 Å². The van der Waals surface area contributed by atoms with Crippen LogP contribution >= 0.6 is 0 Å². The van der Waals surface area contributed by atoms with Crippen LogP contribution in [0.15, 0.2) is 83.8 Å². The third-order valence-corrected chi connectivity index (χ3v) is 8.68. The van der Waals surface area contributed by atoms with Crippen LogP contribution in [0.4, 0.5) is 5.69 Å². The summed E-state index contributed by atoms with van der Waals surface area (Å²) >= 11 is 0. The fourth-order valence-corrected chi connectivity index (χ4v) is 5.77. The smallest absolute Gasteiger partial charge is 0.264 e. The summed E-state index contributed by atoms with van der Waals surface area (Å²) < 4.78 is 34.4. The fraction of sp³-hybridized carbons (Fsp3) is 0.355. The quantitative estimate of drug-likeness (QED) is 0.322. The highest BCUT2D eigenvalue weighted by Gasteiger charge is 2.33. The minimum absolute atomic E-state index is 0.0740. The summed E-state index contributed by atoms with van der Waals surface area (Å²) in [5, 5.41) is 2.94. The minimum Gasteiger partial charge on any atom is -0.497 e. The molecule has 2 unspecified atom stereocenters. The van der Waals surface area contributed by atoms with Gasteiger partial charge in [0.15, 0.2) is 0 Å². The van der Waals surface area contributed by atoms with Gasteiger partial charge in [0.2, 0.25) is 11.8 Å². The molecule has 0 bridgehead atoms. The molecule has 0 aliphatic rings. The summed E-state index contributed by atoms with van der Waals surface area (Å²) in [6.45, 7) is 7.08. The van der Waals surface area contributed by atoms with Crippen molar-refractivity contribution in [3.8, 4) is 5.75 Å². The zero-order chi connectivity index (χ0) is 29.3. The number of ether oxygens (including phenoxy) is 1. The molecule has 0 heterocycles. The van der Waals surface area contributed by atoms with Gasteiger partial charge < -0.3 is 15.0 Å². The number of carbonyl (C=O) groups excluding carboxylic acids is 2. The zero-order valence-electron chi connectivity index (χ0n) is 23.8. The maximum Gasteiger partial charge on any atom is 0.264 e. The molecule has 2 amide bonds. The van der Waals surface area contributed by atoms with Gasteiger partial charge in [-0.15, -0.1) is 0 Å². The number of hydrogen-bond acceptors (Lipinski definition) is 5. The summed E-state index contributed by atoms with van der Waals surface area (Å²) in [6, 6.07) is 21.5. The third kappa shape index (κ3) is 7.41. The Labute approximate surface area is 238 Å². The van der Waals surface area contributed by atoms with E-state index in [2.05, 4.69) is 5.32 Å². The van der Waals surface area contributed by atoms with E-state index < -0.39 is 28.5 Å². The molecule has 40 heavy (non-hydrogen) atoms. The van der Waals surface area contributed by atoms with Crippen molar-refractivity contribution in [3.05, 3.63) is 90.0 Å². The summed E-state index contributed by atoms with van der Waals surface area (Å²) in [6.07, 6.45) is 1.31. The van der Waals surface area contributed by atoms with Gasteiger partial charge in [-0.05, 0) is 68.1 Å². The van der Waals surface area contributed by atoms with Crippen molar-refractivity contribution >= 4 is 27.5 Å². The van der Waals surface area contributed by atoms with Crippen molar-refractivity contribution in [2.45, 2.75) is 64.1 Å². The lowest BCUT2D eigenvalue weighted by Gasteiger charge is -2.33. The molecule has 3 aromatic carbocycles. The van der Waals surface area contributed by atoms with Gasteiger partial charge in [0.05, 0.1) is 17.7 Å². The van der Waals surface area contributed by atoms with Crippen molar-refractivity contribution in [3.63, 3.8) is 0 Å². The Morgan fingerprint density at radius 2 is 1.60 bits per heavy atom. The molecule has 0 radical (unpaired) electrons.